The molecule has 162 valence electrons. The molecule has 8 heteroatoms. The van der Waals surface area contributed by atoms with Crippen molar-refractivity contribution < 1.29 is 9.47 Å². The van der Waals surface area contributed by atoms with Crippen LogP contribution in [0.5, 0.6) is 5.75 Å². The Morgan fingerprint density at radius 1 is 0.906 bits per heavy atom. The first-order valence-corrected chi connectivity index (χ1v) is 10.4. The van der Waals surface area contributed by atoms with E-state index in [1.165, 1.54) is 0 Å². The molecular weight excluding hydrogens is 406 g/mol. The van der Waals surface area contributed by atoms with E-state index in [-0.39, 0.29) is 5.56 Å². The van der Waals surface area contributed by atoms with Crippen LogP contribution in [-0.4, -0.2) is 44.9 Å². The smallest absolute Gasteiger partial charge is 0.265 e. The fraction of sp³-hybridized carbons (Fsp3) is 0.250. The summed E-state index contributed by atoms with van der Waals surface area (Å²) in [4.78, 5) is 28.2. The molecule has 3 heterocycles. The lowest BCUT2D eigenvalue weighted by atomic mass is 10.3. The van der Waals surface area contributed by atoms with E-state index in [1.807, 2.05) is 60.0 Å². The maximum atomic E-state index is 13.6. The highest BCUT2D eigenvalue weighted by Gasteiger charge is 2.22. The molecule has 0 radical (unpaired) electrons. The van der Waals surface area contributed by atoms with Gasteiger partial charge in [-0.05, 0) is 49.7 Å². The molecule has 8 nitrogen and oxygen atoms in total. The van der Waals surface area contributed by atoms with Crippen molar-refractivity contribution in [3.63, 3.8) is 0 Å². The van der Waals surface area contributed by atoms with Crippen LogP contribution in [-0.2, 0) is 11.3 Å². The molecule has 0 amide bonds. The zero-order valence-corrected chi connectivity index (χ0v) is 18.2. The highest BCUT2D eigenvalue weighted by molar-refractivity contribution is 6.05. The van der Waals surface area contributed by atoms with Gasteiger partial charge in [0.1, 0.15) is 22.5 Å². The van der Waals surface area contributed by atoms with Gasteiger partial charge in [0.15, 0.2) is 11.3 Å². The highest BCUT2D eigenvalue weighted by Crippen LogP contribution is 2.29. The standard InChI is InChI=1S/C24H23N5O3/c1-15-25-22-20(24(30)28(15)13-6-14-31-2)21-23(27-19-8-5-4-7-18(19)26-21)29(22)16-9-11-17(32-3)12-10-16/h4-5,7-12H,6,13-14H2,1-3H3. The van der Waals surface area contributed by atoms with Crippen LogP contribution in [0.1, 0.15) is 12.2 Å². The van der Waals surface area contributed by atoms with Crippen LogP contribution in [0, 0.1) is 6.92 Å². The number of methoxy groups -OCH3 is 2. The Morgan fingerprint density at radius 3 is 2.31 bits per heavy atom. The zero-order chi connectivity index (χ0) is 22.2. The summed E-state index contributed by atoms with van der Waals surface area (Å²) in [5, 5.41) is 0.470. The molecule has 32 heavy (non-hydrogen) atoms. The summed E-state index contributed by atoms with van der Waals surface area (Å²) in [7, 11) is 3.28. The van der Waals surface area contributed by atoms with Crippen LogP contribution in [0.15, 0.2) is 53.3 Å². The van der Waals surface area contributed by atoms with Crippen molar-refractivity contribution in [2.75, 3.05) is 20.8 Å². The number of aromatic nitrogens is 5. The van der Waals surface area contributed by atoms with Gasteiger partial charge in [-0.15, -0.1) is 0 Å². The molecule has 5 aromatic rings. The number of hydrogen-bond acceptors (Lipinski definition) is 6. The predicted octanol–water partition coefficient (Wildman–Crippen LogP) is 3.64. The molecule has 0 atom stereocenters. The van der Waals surface area contributed by atoms with E-state index in [4.69, 9.17) is 24.4 Å². The first-order valence-electron chi connectivity index (χ1n) is 10.4. The van der Waals surface area contributed by atoms with Gasteiger partial charge in [-0.2, -0.15) is 0 Å². The van der Waals surface area contributed by atoms with Crippen molar-refractivity contribution >= 4 is 33.2 Å². The lowest BCUT2D eigenvalue weighted by molar-refractivity contribution is 0.189. The molecule has 0 N–H and O–H groups in total. The van der Waals surface area contributed by atoms with Crippen molar-refractivity contribution in [2.45, 2.75) is 19.9 Å². The largest absolute Gasteiger partial charge is 0.497 e. The number of benzene rings is 2. The Bertz CT molecular complexity index is 1500. The Labute approximate surface area is 184 Å². The molecule has 0 aliphatic rings. The van der Waals surface area contributed by atoms with Crippen molar-refractivity contribution in [2.24, 2.45) is 0 Å². The summed E-state index contributed by atoms with van der Waals surface area (Å²) in [6, 6.07) is 15.3. The fourth-order valence-electron chi connectivity index (χ4n) is 4.04. The van der Waals surface area contributed by atoms with Crippen LogP contribution < -0.4 is 10.3 Å². The topological polar surface area (TPSA) is 84.1 Å². The molecule has 0 fully saturated rings. The summed E-state index contributed by atoms with van der Waals surface area (Å²) < 4.78 is 14.1. The third kappa shape index (κ3) is 3.20. The Morgan fingerprint density at radius 2 is 1.62 bits per heavy atom. The van der Waals surface area contributed by atoms with Gasteiger partial charge >= 0.3 is 0 Å². The number of hydrogen-bond donors (Lipinski definition) is 0. The van der Waals surface area contributed by atoms with Gasteiger partial charge in [0.2, 0.25) is 0 Å². The normalized spacial score (nSPS) is 11.6. The lowest BCUT2D eigenvalue weighted by Gasteiger charge is -2.11. The summed E-state index contributed by atoms with van der Waals surface area (Å²) in [5.74, 6) is 1.39. The van der Waals surface area contributed by atoms with Crippen molar-refractivity contribution in [3.05, 3.63) is 64.7 Å². The Kier molecular flexibility index (Phi) is 5.07. The van der Waals surface area contributed by atoms with Crippen LogP contribution in [0.25, 0.3) is 38.9 Å². The number of aryl methyl sites for hydroxylation is 1. The van der Waals surface area contributed by atoms with Gasteiger partial charge in [0, 0.05) is 25.9 Å². The van der Waals surface area contributed by atoms with E-state index in [9.17, 15) is 4.79 Å². The lowest BCUT2D eigenvalue weighted by Crippen LogP contribution is -2.24. The summed E-state index contributed by atoms with van der Waals surface area (Å²) >= 11 is 0. The van der Waals surface area contributed by atoms with Gasteiger partial charge in [0.25, 0.3) is 5.56 Å². The summed E-state index contributed by atoms with van der Waals surface area (Å²) in [6.45, 7) is 2.95. The zero-order valence-electron chi connectivity index (χ0n) is 18.2. The Hall–Kier alpha value is -3.78. The molecule has 0 unspecified atom stereocenters. The predicted molar refractivity (Wildman–Crippen MR) is 124 cm³/mol. The van der Waals surface area contributed by atoms with Crippen LogP contribution in [0.4, 0.5) is 0 Å². The quantitative estimate of drug-likeness (QED) is 0.383. The molecule has 3 aromatic heterocycles. The minimum Gasteiger partial charge on any atom is -0.497 e. The number of fused-ring (bicyclic) bond motifs is 4. The number of rotatable bonds is 6. The van der Waals surface area contributed by atoms with E-state index < -0.39 is 0 Å². The number of para-hydroxylation sites is 2. The van der Waals surface area contributed by atoms with E-state index >= 15 is 0 Å². The van der Waals surface area contributed by atoms with Crippen LogP contribution in [0.3, 0.4) is 0 Å². The third-order valence-corrected chi connectivity index (χ3v) is 5.61. The monoisotopic (exact) mass is 429 g/mol. The van der Waals surface area contributed by atoms with Crippen molar-refractivity contribution in [1.29, 1.82) is 0 Å². The van der Waals surface area contributed by atoms with E-state index in [2.05, 4.69) is 0 Å². The van der Waals surface area contributed by atoms with Crippen LogP contribution >= 0.6 is 0 Å². The summed E-state index contributed by atoms with van der Waals surface area (Å²) in [6.07, 6.45) is 0.718. The summed E-state index contributed by atoms with van der Waals surface area (Å²) in [5.41, 5.74) is 3.90. The molecule has 0 spiro atoms. The van der Waals surface area contributed by atoms with Crippen LogP contribution in [0.2, 0.25) is 0 Å². The maximum absolute atomic E-state index is 13.6. The second-order valence-electron chi connectivity index (χ2n) is 7.58. The SMILES string of the molecule is COCCCn1c(C)nc2c(c1=O)c1nc3ccccc3nc1n2-c1ccc(OC)cc1. The molecule has 0 bridgehead atoms. The van der Waals surface area contributed by atoms with Gasteiger partial charge in [-0.25, -0.2) is 15.0 Å². The first kappa shape index (κ1) is 20.1. The second-order valence-corrected chi connectivity index (χ2v) is 7.58. The molecule has 0 aliphatic carbocycles. The van der Waals surface area contributed by atoms with E-state index in [0.29, 0.717) is 41.2 Å². The molecule has 0 aliphatic heterocycles. The van der Waals surface area contributed by atoms with Crippen molar-refractivity contribution in [3.8, 4) is 11.4 Å². The van der Waals surface area contributed by atoms with E-state index in [0.717, 1.165) is 28.9 Å². The first-order chi connectivity index (χ1) is 15.6. The maximum Gasteiger partial charge on any atom is 0.265 e. The van der Waals surface area contributed by atoms with Gasteiger partial charge in [-0.1, -0.05) is 12.1 Å². The number of ether oxygens (including phenoxy) is 2. The van der Waals surface area contributed by atoms with Gasteiger partial charge in [-0.3, -0.25) is 13.9 Å². The second kappa shape index (κ2) is 8.05. The number of nitrogens with zero attached hydrogens (tertiary/aromatic N) is 5. The molecule has 0 saturated heterocycles. The van der Waals surface area contributed by atoms with E-state index in [1.54, 1.807) is 18.8 Å². The molecule has 2 aromatic carbocycles. The van der Waals surface area contributed by atoms with Gasteiger partial charge in [0.05, 0.1) is 18.1 Å². The van der Waals surface area contributed by atoms with Crippen molar-refractivity contribution in [1.82, 2.24) is 24.1 Å². The third-order valence-electron chi connectivity index (χ3n) is 5.61. The Balaban J connectivity index is 1.87. The highest BCUT2D eigenvalue weighted by atomic mass is 16.5. The molecular formula is C24H23N5O3. The molecule has 0 saturated carbocycles. The fourth-order valence-corrected chi connectivity index (χ4v) is 4.04. The minimum absolute atomic E-state index is 0.120. The average Bonchev–Trinajstić information content (AvgIpc) is 3.12. The molecule has 5 rings (SSSR count). The van der Waals surface area contributed by atoms with Gasteiger partial charge < -0.3 is 9.47 Å². The minimum atomic E-state index is -0.120. The average molecular weight is 429 g/mol.